The van der Waals surface area contributed by atoms with E-state index in [-0.39, 0.29) is 11.5 Å². The fraction of sp³-hybridized carbons (Fsp3) is 0.500. The molecule has 18 heavy (non-hydrogen) atoms. The molecule has 0 fully saturated rings. The Morgan fingerprint density at radius 3 is 2.94 bits per heavy atom. The van der Waals surface area contributed by atoms with Crippen molar-refractivity contribution in [1.29, 1.82) is 0 Å². The lowest BCUT2D eigenvalue weighted by atomic mass is 10.0. The Balaban J connectivity index is 2.12. The van der Waals surface area contributed by atoms with Gasteiger partial charge in [0.2, 0.25) is 5.91 Å². The molecule has 0 spiro atoms. The molecular formula is C14H20N2O2. The van der Waals surface area contributed by atoms with Crippen molar-refractivity contribution in [3.8, 4) is 5.75 Å². The van der Waals surface area contributed by atoms with Crippen LogP contribution < -0.4 is 15.8 Å². The molecule has 0 aliphatic carbocycles. The summed E-state index contributed by atoms with van der Waals surface area (Å²) >= 11 is 0. The van der Waals surface area contributed by atoms with Crippen molar-refractivity contribution in [2.24, 2.45) is 5.73 Å². The Kier molecular flexibility index (Phi) is 3.30. The van der Waals surface area contributed by atoms with Gasteiger partial charge < -0.3 is 15.8 Å². The van der Waals surface area contributed by atoms with Gasteiger partial charge in [-0.1, -0.05) is 6.92 Å². The number of rotatable bonds is 3. The molecule has 1 atom stereocenters. The first-order valence-corrected chi connectivity index (χ1v) is 6.29. The number of hydrogen-bond acceptors (Lipinski definition) is 3. The summed E-state index contributed by atoms with van der Waals surface area (Å²) in [5.74, 6) is 0.758. The van der Waals surface area contributed by atoms with Gasteiger partial charge in [-0.15, -0.1) is 0 Å². The maximum absolute atomic E-state index is 11.7. The zero-order chi connectivity index (χ0) is 13.3. The Morgan fingerprint density at radius 1 is 1.56 bits per heavy atom. The molecule has 0 radical (unpaired) electrons. The third-order valence-corrected chi connectivity index (χ3v) is 3.11. The molecule has 4 nitrogen and oxygen atoms in total. The minimum atomic E-state index is -0.453. The highest BCUT2D eigenvalue weighted by Gasteiger charge is 2.30. The number of nitrogens with two attached hydrogens (primary N) is 1. The average molecular weight is 248 g/mol. The molecule has 0 aromatic heterocycles. The lowest BCUT2D eigenvalue weighted by Crippen LogP contribution is -2.34. The zero-order valence-corrected chi connectivity index (χ0v) is 11.1. The number of nitrogens with one attached hydrogen (secondary N) is 1. The molecular weight excluding hydrogens is 228 g/mol. The smallest absolute Gasteiger partial charge is 0.241 e. The molecule has 1 unspecified atom stereocenters. The first-order chi connectivity index (χ1) is 8.41. The third-order valence-electron chi connectivity index (χ3n) is 3.11. The van der Waals surface area contributed by atoms with Gasteiger partial charge in [0.05, 0.1) is 6.04 Å². The van der Waals surface area contributed by atoms with E-state index in [2.05, 4.69) is 19.2 Å². The molecule has 0 saturated heterocycles. The third kappa shape index (κ3) is 2.64. The van der Waals surface area contributed by atoms with Crippen LogP contribution in [0.2, 0.25) is 0 Å². The van der Waals surface area contributed by atoms with Crippen molar-refractivity contribution in [3.05, 3.63) is 23.8 Å². The van der Waals surface area contributed by atoms with Crippen LogP contribution in [0.1, 0.15) is 32.8 Å². The fourth-order valence-electron chi connectivity index (χ4n) is 2.11. The second kappa shape index (κ2) is 4.61. The van der Waals surface area contributed by atoms with E-state index < -0.39 is 6.04 Å². The van der Waals surface area contributed by atoms with Gasteiger partial charge in [-0.2, -0.15) is 0 Å². The van der Waals surface area contributed by atoms with E-state index in [0.717, 1.165) is 23.4 Å². The van der Waals surface area contributed by atoms with E-state index in [9.17, 15) is 4.79 Å². The summed E-state index contributed by atoms with van der Waals surface area (Å²) < 4.78 is 5.79. The Bertz CT molecular complexity index is 469. The number of carbonyl (C=O) groups is 1. The van der Waals surface area contributed by atoms with E-state index in [0.29, 0.717) is 6.42 Å². The highest BCUT2D eigenvalue weighted by atomic mass is 16.5. The van der Waals surface area contributed by atoms with Crippen LogP contribution in [-0.2, 0) is 11.2 Å². The molecule has 1 aromatic rings. The van der Waals surface area contributed by atoms with Gasteiger partial charge in [0.15, 0.2) is 0 Å². The second-order valence-electron chi connectivity index (χ2n) is 5.37. The molecule has 1 aliphatic heterocycles. The van der Waals surface area contributed by atoms with Crippen LogP contribution in [0.25, 0.3) is 0 Å². The van der Waals surface area contributed by atoms with Crippen LogP contribution in [0, 0.1) is 0 Å². The molecule has 2 rings (SSSR count). The number of anilines is 1. The summed E-state index contributed by atoms with van der Waals surface area (Å²) in [5.41, 5.74) is 7.43. The minimum absolute atomic E-state index is 0.143. The summed E-state index contributed by atoms with van der Waals surface area (Å²) in [7, 11) is 0. The van der Waals surface area contributed by atoms with Crippen molar-refractivity contribution in [1.82, 2.24) is 0 Å². The molecule has 1 aliphatic rings. The Morgan fingerprint density at radius 2 is 2.28 bits per heavy atom. The van der Waals surface area contributed by atoms with Gasteiger partial charge in [-0.3, -0.25) is 4.79 Å². The normalized spacial score (nSPS) is 17.8. The summed E-state index contributed by atoms with van der Waals surface area (Å²) in [6, 6.07) is 5.26. The quantitative estimate of drug-likeness (QED) is 0.860. The lowest BCUT2D eigenvalue weighted by Gasteiger charge is -2.16. The van der Waals surface area contributed by atoms with Gasteiger partial charge in [0.1, 0.15) is 11.4 Å². The summed E-state index contributed by atoms with van der Waals surface area (Å²) in [6.45, 7) is 6.00. The van der Waals surface area contributed by atoms with Crippen molar-refractivity contribution in [2.75, 3.05) is 5.32 Å². The van der Waals surface area contributed by atoms with Crippen LogP contribution in [0.3, 0.4) is 0 Å². The van der Waals surface area contributed by atoms with Crippen molar-refractivity contribution in [2.45, 2.75) is 45.3 Å². The first-order valence-electron chi connectivity index (χ1n) is 6.29. The van der Waals surface area contributed by atoms with Gasteiger partial charge in [0.25, 0.3) is 0 Å². The average Bonchev–Trinajstić information content (AvgIpc) is 2.61. The number of fused-ring (bicyclic) bond motifs is 1. The van der Waals surface area contributed by atoms with E-state index in [1.165, 1.54) is 0 Å². The van der Waals surface area contributed by atoms with E-state index >= 15 is 0 Å². The maximum Gasteiger partial charge on any atom is 0.241 e. The molecule has 1 aromatic carbocycles. The number of benzene rings is 1. The van der Waals surface area contributed by atoms with E-state index in [4.69, 9.17) is 10.5 Å². The standard InChI is InChI=1S/C14H20N2O2/c1-4-11(15)13(17)16-10-5-6-12-9(7-10)8-14(2,3)18-12/h5-7,11H,4,8,15H2,1-3H3,(H,16,17). The van der Waals surface area contributed by atoms with Crippen LogP contribution in [0.15, 0.2) is 18.2 Å². The second-order valence-corrected chi connectivity index (χ2v) is 5.37. The predicted molar refractivity (Wildman–Crippen MR) is 71.7 cm³/mol. The Hall–Kier alpha value is -1.55. The minimum Gasteiger partial charge on any atom is -0.487 e. The molecule has 0 bridgehead atoms. The molecule has 1 heterocycles. The molecule has 98 valence electrons. The topological polar surface area (TPSA) is 64.4 Å². The number of carbonyl (C=O) groups excluding carboxylic acids is 1. The highest BCUT2D eigenvalue weighted by Crippen LogP contribution is 2.36. The van der Waals surface area contributed by atoms with Crippen molar-refractivity contribution in [3.63, 3.8) is 0 Å². The fourth-order valence-corrected chi connectivity index (χ4v) is 2.11. The van der Waals surface area contributed by atoms with Crippen LogP contribution in [-0.4, -0.2) is 17.6 Å². The van der Waals surface area contributed by atoms with Crippen LogP contribution in [0.4, 0.5) is 5.69 Å². The van der Waals surface area contributed by atoms with Crippen molar-refractivity contribution < 1.29 is 9.53 Å². The predicted octanol–water partition coefficient (Wildman–Crippen LogP) is 2.08. The SMILES string of the molecule is CCC(N)C(=O)Nc1ccc2c(c1)CC(C)(C)O2. The lowest BCUT2D eigenvalue weighted by molar-refractivity contribution is -0.117. The largest absolute Gasteiger partial charge is 0.487 e. The van der Waals surface area contributed by atoms with Gasteiger partial charge in [-0.05, 0) is 38.5 Å². The van der Waals surface area contributed by atoms with Gasteiger partial charge in [-0.25, -0.2) is 0 Å². The first kappa shape index (κ1) is 12.9. The van der Waals surface area contributed by atoms with Gasteiger partial charge >= 0.3 is 0 Å². The monoisotopic (exact) mass is 248 g/mol. The van der Waals surface area contributed by atoms with E-state index in [1.54, 1.807) is 0 Å². The summed E-state index contributed by atoms with van der Waals surface area (Å²) in [5, 5.41) is 2.83. The maximum atomic E-state index is 11.7. The van der Waals surface area contributed by atoms with Crippen LogP contribution >= 0.6 is 0 Å². The van der Waals surface area contributed by atoms with Gasteiger partial charge in [0, 0.05) is 17.7 Å². The summed E-state index contributed by atoms with van der Waals surface area (Å²) in [6.07, 6.45) is 1.48. The highest BCUT2D eigenvalue weighted by molar-refractivity contribution is 5.94. The molecule has 0 saturated carbocycles. The summed E-state index contributed by atoms with van der Waals surface area (Å²) in [4.78, 5) is 11.7. The number of amides is 1. The van der Waals surface area contributed by atoms with Crippen LogP contribution in [0.5, 0.6) is 5.75 Å². The zero-order valence-electron chi connectivity index (χ0n) is 11.1. The number of ether oxygens (including phenoxy) is 1. The Labute approximate surface area is 108 Å². The molecule has 1 amide bonds. The molecule has 3 N–H and O–H groups in total. The van der Waals surface area contributed by atoms with Crippen molar-refractivity contribution >= 4 is 11.6 Å². The molecule has 4 heteroatoms. The number of hydrogen-bond donors (Lipinski definition) is 2. The van der Waals surface area contributed by atoms with E-state index in [1.807, 2.05) is 25.1 Å².